The van der Waals surface area contributed by atoms with Crippen LogP contribution in [-0.2, 0) is 0 Å². The minimum absolute atomic E-state index is 0.105. The van der Waals surface area contributed by atoms with Gasteiger partial charge in [0.25, 0.3) is 5.91 Å². The molecule has 2 aromatic rings. The molecule has 1 aromatic carbocycles. The molecule has 0 spiro atoms. The fraction of sp³-hybridized carbons (Fsp3) is 0.0833. The van der Waals surface area contributed by atoms with E-state index in [9.17, 15) is 4.79 Å². The Morgan fingerprint density at radius 1 is 1.53 bits per heavy atom. The maximum Gasteiger partial charge on any atom is 0.295 e. The average Bonchev–Trinajstić information content (AvgIpc) is 2.76. The Morgan fingerprint density at radius 2 is 2.35 bits per heavy atom. The number of carbonyl (C=O) groups is 1. The van der Waals surface area contributed by atoms with Crippen LogP contribution in [0.3, 0.4) is 0 Å². The SMILES string of the molecule is C#Cc1cccc(NC(=O)c2n[nH]c(C)n2)c1. The van der Waals surface area contributed by atoms with Gasteiger partial charge in [-0.05, 0) is 25.1 Å². The molecule has 0 radical (unpaired) electrons. The number of aromatic nitrogens is 3. The van der Waals surface area contributed by atoms with Crippen molar-refractivity contribution in [2.45, 2.75) is 6.92 Å². The molecule has 0 aliphatic rings. The van der Waals surface area contributed by atoms with Gasteiger partial charge >= 0.3 is 0 Å². The average molecular weight is 226 g/mol. The Balaban J connectivity index is 2.16. The van der Waals surface area contributed by atoms with Crippen LogP contribution < -0.4 is 5.32 Å². The Morgan fingerprint density at radius 3 is 3.00 bits per heavy atom. The number of rotatable bonds is 2. The molecule has 0 aliphatic heterocycles. The van der Waals surface area contributed by atoms with Crippen molar-refractivity contribution in [2.75, 3.05) is 5.32 Å². The first-order chi connectivity index (χ1) is 8.19. The van der Waals surface area contributed by atoms with Crippen molar-refractivity contribution in [3.63, 3.8) is 0 Å². The van der Waals surface area contributed by atoms with Crippen LogP contribution in [0.2, 0.25) is 0 Å². The topological polar surface area (TPSA) is 70.7 Å². The highest BCUT2D eigenvalue weighted by atomic mass is 16.2. The molecule has 17 heavy (non-hydrogen) atoms. The highest BCUT2D eigenvalue weighted by molar-refractivity contribution is 6.01. The molecule has 0 saturated carbocycles. The predicted octanol–water partition coefficient (Wildman–Crippen LogP) is 1.35. The molecule has 0 bridgehead atoms. The minimum Gasteiger partial charge on any atom is -0.319 e. The van der Waals surface area contributed by atoms with Crippen molar-refractivity contribution in [1.82, 2.24) is 15.2 Å². The zero-order valence-corrected chi connectivity index (χ0v) is 9.19. The number of aromatic amines is 1. The Kier molecular flexibility index (Phi) is 2.88. The summed E-state index contributed by atoms with van der Waals surface area (Å²) in [6.07, 6.45) is 5.27. The van der Waals surface area contributed by atoms with Crippen molar-refractivity contribution >= 4 is 11.6 Å². The number of terminal acetylenes is 1. The predicted molar refractivity (Wildman–Crippen MR) is 63.4 cm³/mol. The van der Waals surface area contributed by atoms with Gasteiger partial charge in [0.2, 0.25) is 5.82 Å². The van der Waals surface area contributed by atoms with E-state index in [0.717, 1.165) is 0 Å². The van der Waals surface area contributed by atoms with E-state index in [1.807, 2.05) is 0 Å². The highest BCUT2D eigenvalue weighted by Crippen LogP contribution is 2.10. The van der Waals surface area contributed by atoms with Gasteiger partial charge in [0.05, 0.1) is 0 Å². The fourth-order valence-electron chi connectivity index (χ4n) is 1.32. The quantitative estimate of drug-likeness (QED) is 0.759. The number of H-pyrrole nitrogens is 1. The second-order valence-corrected chi connectivity index (χ2v) is 3.42. The lowest BCUT2D eigenvalue weighted by Gasteiger charge is -2.02. The number of anilines is 1. The molecule has 5 heteroatoms. The van der Waals surface area contributed by atoms with Gasteiger partial charge < -0.3 is 5.32 Å². The number of hydrogen-bond donors (Lipinski definition) is 2. The molecule has 0 fully saturated rings. The third-order valence-electron chi connectivity index (χ3n) is 2.09. The normalized spacial score (nSPS) is 9.65. The molecule has 2 rings (SSSR count). The number of aryl methyl sites for hydroxylation is 1. The summed E-state index contributed by atoms with van der Waals surface area (Å²) in [7, 11) is 0. The summed E-state index contributed by atoms with van der Waals surface area (Å²) in [6.45, 7) is 1.72. The number of nitrogens with one attached hydrogen (secondary N) is 2. The van der Waals surface area contributed by atoms with E-state index in [4.69, 9.17) is 6.42 Å². The van der Waals surface area contributed by atoms with Crippen LogP contribution in [0.1, 0.15) is 22.0 Å². The van der Waals surface area contributed by atoms with Crippen LogP contribution in [0, 0.1) is 19.3 Å². The van der Waals surface area contributed by atoms with Crippen molar-refractivity contribution in [3.8, 4) is 12.3 Å². The first-order valence-corrected chi connectivity index (χ1v) is 4.96. The molecule has 1 heterocycles. The van der Waals surface area contributed by atoms with Crippen LogP contribution in [-0.4, -0.2) is 21.1 Å². The molecule has 0 aliphatic carbocycles. The molecule has 0 atom stereocenters. The maximum absolute atomic E-state index is 11.7. The monoisotopic (exact) mass is 226 g/mol. The van der Waals surface area contributed by atoms with E-state index in [-0.39, 0.29) is 11.7 Å². The molecule has 1 amide bonds. The largest absolute Gasteiger partial charge is 0.319 e. The van der Waals surface area contributed by atoms with Crippen LogP contribution in [0.4, 0.5) is 5.69 Å². The van der Waals surface area contributed by atoms with Gasteiger partial charge in [0.1, 0.15) is 5.82 Å². The first kappa shape index (κ1) is 10.9. The minimum atomic E-state index is -0.372. The van der Waals surface area contributed by atoms with E-state index in [1.54, 1.807) is 31.2 Å². The number of benzene rings is 1. The number of hydrogen-bond acceptors (Lipinski definition) is 3. The van der Waals surface area contributed by atoms with Crippen LogP contribution in [0.25, 0.3) is 0 Å². The van der Waals surface area contributed by atoms with Crippen molar-refractivity contribution in [3.05, 3.63) is 41.5 Å². The Labute approximate surface area is 98.3 Å². The Bertz CT molecular complexity index is 595. The van der Waals surface area contributed by atoms with E-state index < -0.39 is 0 Å². The summed E-state index contributed by atoms with van der Waals surface area (Å²) in [5.74, 6) is 2.82. The lowest BCUT2D eigenvalue weighted by atomic mass is 10.2. The summed E-state index contributed by atoms with van der Waals surface area (Å²) in [5, 5.41) is 9.04. The van der Waals surface area contributed by atoms with Crippen LogP contribution in [0.15, 0.2) is 24.3 Å². The Hall–Kier alpha value is -2.61. The summed E-state index contributed by atoms with van der Waals surface area (Å²) in [6, 6.07) is 7.01. The van der Waals surface area contributed by atoms with E-state index in [1.165, 1.54) is 0 Å². The molecule has 2 N–H and O–H groups in total. The van der Waals surface area contributed by atoms with Crippen molar-refractivity contribution in [1.29, 1.82) is 0 Å². The van der Waals surface area contributed by atoms with Crippen LogP contribution in [0.5, 0.6) is 0 Å². The number of nitrogens with zero attached hydrogens (tertiary/aromatic N) is 2. The van der Waals surface area contributed by atoms with Gasteiger partial charge in [-0.25, -0.2) is 4.98 Å². The second-order valence-electron chi connectivity index (χ2n) is 3.42. The molecule has 84 valence electrons. The second kappa shape index (κ2) is 4.49. The maximum atomic E-state index is 11.7. The first-order valence-electron chi connectivity index (χ1n) is 4.96. The fourth-order valence-corrected chi connectivity index (χ4v) is 1.32. The van der Waals surface area contributed by atoms with Gasteiger partial charge in [-0.3, -0.25) is 9.89 Å². The van der Waals surface area contributed by atoms with Gasteiger partial charge in [0.15, 0.2) is 0 Å². The third-order valence-corrected chi connectivity index (χ3v) is 2.09. The summed E-state index contributed by atoms with van der Waals surface area (Å²) >= 11 is 0. The number of carbonyl (C=O) groups excluding carboxylic acids is 1. The zero-order valence-electron chi connectivity index (χ0n) is 9.19. The summed E-state index contributed by atoms with van der Waals surface area (Å²) in [5.41, 5.74) is 1.32. The molecular weight excluding hydrogens is 216 g/mol. The molecular formula is C12H10N4O. The number of amides is 1. The van der Waals surface area contributed by atoms with Crippen LogP contribution >= 0.6 is 0 Å². The standard InChI is InChI=1S/C12H10N4O/c1-3-9-5-4-6-10(7-9)14-12(17)11-13-8(2)15-16-11/h1,4-7H,2H3,(H,14,17)(H,13,15,16). The van der Waals surface area contributed by atoms with Gasteiger partial charge in [-0.2, -0.15) is 0 Å². The van der Waals surface area contributed by atoms with E-state index in [0.29, 0.717) is 17.1 Å². The zero-order chi connectivity index (χ0) is 12.3. The van der Waals surface area contributed by atoms with Crippen molar-refractivity contribution in [2.24, 2.45) is 0 Å². The molecule has 0 unspecified atom stereocenters. The third kappa shape index (κ3) is 2.49. The molecule has 1 aromatic heterocycles. The molecule has 0 saturated heterocycles. The lowest BCUT2D eigenvalue weighted by Crippen LogP contribution is -2.13. The molecule has 5 nitrogen and oxygen atoms in total. The summed E-state index contributed by atoms with van der Waals surface area (Å²) < 4.78 is 0. The smallest absolute Gasteiger partial charge is 0.295 e. The van der Waals surface area contributed by atoms with Gasteiger partial charge in [-0.1, -0.05) is 12.0 Å². The lowest BCUT2D eigenvalue weighted by molar-refractivity contribution is 0.101. The van der Waals surface area contributed by atoms with Crippen molar-refractivity contribution < 1.29 is 4.79 Å². The highest BCUT2D eigenvalue weighted by Gasteiger charge is 2.11. The van der Waals surface area contributed by atoms with E-state index in [2.05, 4.69) is 26.4 Å². The van der Waals surface area contributed by atoms with Gasteiger partial charge in [-0.15, -0.1) is 11.5 Å². The summed E-state index contributed by atoms with van der Waals surface area (Å²) in [4.78, 5) is 15.6. The van der Waals surface area contributed by atoms with Gasteiger partial charge in [0, 0.05) is 11.3 Å². The van der Waals surface area contributed by atoms with E-state index >= 15 is 0 Å².